The van der Waals surface area contributed by atoms with Crippen molar-refractivity contribution in [3.8, 4) is 11.5 Å². The summed E-state index contributed by atoms with van der Waals surface area (Å²) in [5.74, 6) is -0.572. The number of carboxylic acids is 1. The molecule has 1 rings (SSSR count). The minimum Gasteiger partial charge on any atom is -0.490 e. The maximum atomic E-state index is 11.4. The number of hydrogen-bond donors (Lipinski definition) is 1. The molecule has 0 radical (unpaired) electrons. The van der Waals surface area contributed by atoms with Gasteiger partial charge in [0.1, 0.15) is 0 Å². The quantitative estimate of drug-likeness (QED) is 0.839. The number of hydrogen-bond acceptors (Lipinski definition) is 4. The van der Waals surface area contributed by atoms with Crippen molar-refractivity contribution in [2.45, 2.75) is 6.92 Å². The molecule has 19 heavy (non-hydrogen) atoms. The Morgan fingerprint density at radius 2 is 1.89 bits per heavy atom. The predicted octanol–water partition coefficient (Wildman–Crippen LogP) is 1.25. The maximum Gasteiger partial charge on any atom is 0.335 e. The molecule has 104 valence electrons. The molecule has 1 aromatic rings. The highest BCUT2D eigenvalue weighted by atomic mass is 16.5. The van der Waals surface area contributed by atoms with E-state index in [1.807, 2.05) is 0 Å². The summed E-state index contributed by atoms with van der Waals surface area (Å²) in [6, 6.07) is 4.26. The summed E-state index contributed by atoms with van der Waals surface area (Å²) in [6.07, 6.45) is 0. The first-order valence-electron chi connectivity index (χ1n) is 5.78. The van der Waals surface area contributed by atoms with Crippen molar-refractivity contribution in [2.24, 2.45) is 0 Å². The smallest absolute Gasteiger partial charge is 0.335 e. The number of amides is 1. The van der Waals surface area contributed by atoms with E-state index in [4.69, 9.17) is 14.6 Å². The van der Waals surface area contributed by atoms with Gasteiger partial charge in [-0.3, -0.25) is 4.79 Å². The van der Waals surface area contributed by atoms with Gasteiger partial charge in [-0.2, -0.15) is 0 Å². The molecule has 0 saturated carbocycles. The molecule has 0 bridgehead atoms. The van der Waals surface area contributed by atoms with Gasteiger partial charge in [-0.05, 0) is 25.1 Å². The minimum atomic E-state index is -1.04. The number of likely N-dealkylation sites (N-methyl/N-ethyl adjacent to an activating group) is 1. The molecule has 0 aliphatic heterocycles. The van der Waals surface area contributed by atoms with Crippen molar-refractivity contribution in [3.63, 3.8) is 0 Å². The van der Waals surface area contributed by atoms with Gasteiger partial charge in [0.2, 0.25) is 0 Å². The molecule has 6 heteroatoms. The molecular formula is C13H17NO5. The third kappa shape index (κ3) is 4.17. The van der Waals surface area contributed by atoms with Crippen molar-refractivity contribution in [1.29, 1.82) is 0 Å². The number of carboxylic acid groups (broad SMARTS) is 1. The van der Waals surface area contributed by atoms with Crippen molar-refractivity contribution >= 4 is 11.9 Å². The number of aromatic carboxylic acids is 1. The Labute approximate surface area is 111 Å². The molecule has 0 atom stereocenters. The van der Waals surface area contributed by atoms with Gasteiger partial charge in [-0.25, -0.2) is 4.79 Å². The Hall–Kier alpha value is -2.24. The van der Waals surface area contributed by atoms with Gasteiger partial charge >= 0.3 is 5.97 Å². The number of rotatable bonds is 6. The fourth-order valence-electron chi connectivity index (χ4n) is 1.30. The van der Waals surface area contributed by atoms with Crippen LogP contribution in [-0.2, 0) is 4.79 Å². The fraction of sp³-hybridized carbons (Fsp3) is 0.385. The molecule has 0 aliphatic carbocycles. The van der Waals surface area contributed by atoms with Gasteiger partial charge in [-0.1, -0.05) is 0 Å². The number of carbonyl (C=O) groups is 2. The van der Waals surface area contributed by atoms with Crippen LogP contribution in [0.5, 0.6) is 11.5 Å². The topological polar surface area (TPSA) is 76.1 Å². The average Bonchev–Trinajstić information content (AvgIpc) is 2.36. The number of carbonyl (C=O) groups excluding carboxylic acids is 1. The normalized spacial score (nSPS) is 9.84. The van der Waals surface area contributed by atoms with Gasteiger partial charge < -0.3 is 19.5 Å². The monoisotopic (exact) mass is 267 g/mol. The number of ether oxygens (including phenoxy) is 2. The van der Waals surface area contributed by atoms with Crippen molar-refractivity contribution in [1.82, 2.24) is 4.90 Å². The zero-order chi connectivity index (χ0) is 14.4. The Morgan fingerprint density at radius 3 is 2.42 bits per heavy atom. The lowest BCUT2D eigenvalue weighted by Gasteiger charge is -2.14. The summed E-state index contributed by atoms with van der Waals surface area (Å²) < 4.78 is 10.6. The number of benzene rings is 1. The van der Waals surface area contributed by atoms with Gasteiger partial charge in [0.25, 0.3) is 5.91 Å². The van der Waals surface area contributed by atoms with Crippen LogP contribution >= 0.6 is 0 Å². The van der Waals surface area contributed by atoms with Crippen LogP contribution in [-0.4, -0.2) is 49.2 Å². The first kappa shape index (κ1) is 14.8. The lowest BCUT2D eigenvalue weighted by Crippen LogP contribution is -2.27. The van der Waals surface area contributed by atoms with E-state index in [-0.39, 0.29) is 18.1 Å². The predicted molar refractivity (Wildman–Crippen MR) is 68.8 cm³/mol. The van der Waals surface area contributed by atoms with Gasteiger partial charge in [0, 0.05) is 14.1 Å². The molecule has 6 nitrogen and oxygen atoms in total. The van der Waals surface area contributed by atoms with Crippen LogP contribution in [0.25, 0.3) is 0 Å². The Kier molecular flexibility index (Phi) is 5.17. The minimum absolute atomic E-state index is 0.106. The summed E-state index contributed by atoms with van der Waals surface area (Å²) in [5, 5.41) is 8.90. The largest absolute Gasteiger partial charge is 0.490 e. The first-order chi connectivity index (χ1) is 8.95. The van der Waals surface area contributed by atoms with Crippen LogP contribution < -0.4 is 9.47 Å². The molecule has 0 fully saturated rings. The SMILES string of the molecule is CCOc1cc(C(=O)O)ccc1OCC(=O)N(C)C. The molecule has 0 unspecified atom stereocenters. The van der Waals surface area contributed by atoms with Crippen LogP contribution in [0.1, 0.15) is 17.3 Å². The Balaban J connectivity index is 2.87. The van der Waals surface area contributed by atoms with E-state index in [9.17, 15) is 9.59 Å². The molecule has 0 aliphatic rings. The second kappa shape index (κ2) is 6.63. The van der Waals surface area contributed by atoms with Gasteiger partial charge in [0.05, 0.1) is 12.2 Å². The summed E-state index contributed by atoms with van der Waals surface area (Å²) in [7, 11) is 3.26. The molecule has 0 heterocycles. The van der Waals surface area contributed by atoms with E-state index >= 15 is 0 Å². The fourth-order valence-corrected chi connectivity index (χ4v) is 1.30. The van der Waals surface area contributed by atoms with E-state index in [1.54, 1.807) is 21.0 Å². The van der Waals surface area contributed by atoms with E-state index in [0.29, 0.717) is 18.1 Å². The summed E-state index contributed by atoms with van der Waals surface area (Å²) in [5.41, 5.74) is 0.106. The molecular weight excluding hydrogens is 250 g/mol. The van der Waals surface area contributed by atoms with Crippen LogP contribution in [0.15, 0.2) is 18.2 Å². The highest BCUT2D eigenvalue weighted by Gasteiger charge is 2.12. The summed E-state index contributed by atoms with van der Waals surface area (Å²) in [6.45, 7) is 2.03. The van der Waals surface area contributed by atoms with Crippen molar-refractivity contribution < 1.29 is 24.2 Å². The average molecular weight is 267 g/mol. The molecule has 1 N–H and O–H groups in total. The second-order valence-electron chi connectivity index (χ2n) is 3.98. The third-order valence-electron chi connectivity index (χ3n) is 2.34. The standard InChI is InChI=1S/C13H17NO5/c1-4-18-11-7-9(13(16)17)5-6-10(11)19-8-12(15)14(2)3/h5-7H,4,8H2,1-3H3,(H,16,17). The third-order valence-corrected chi connectivity index (χ3v) is 2.34. The summed E-state index contributed by atoms with van der Waals surface area (Å²) in [4.78, 5) is 23.7. The highest BCUT2D eigenvalue weighted by molar-refractivity contribution is 5.88. The van der Waals surface area contributed by atoms with E-state index in [0.717, 1.165) is 0 Å². The van der Waals surface area contributed by atoms with Gasteiger partial charge in [0.15, 0.2) is 18.1 Å². The zero-order valence-corrected chi connectivity index (χ0v) is 11.2. The van der Waals surface area contributed by atoms with Crippen LogP contribution in [0.3, 0.4) is 0 Å². The van der Waals surface area contributed by atoms with Crippen molar-refractivity contribution in [3.05, 3.63) is 23.8 Å². The Morgan fingerprint density at radius 1 is 1.21 bits per heavy atom. The molecule has 0 spiro atoms. The second-order valence-corrected chi connectivity index (χ2v) is 3.98. The van der Waals surface area contributed by atoms with E-state index in [1.165, 1.54) is 23.1 Å². The van der Waals surface area contributed by atoms with Crippen LogP contribution in [0.4, 0.5) is 0 Å². The van der Waals surface area contributed by atoms with Crippen molar-refractivity contribution in [2.75, 3.05) is 27.3 Å². The molecule has 0 aromatic heterocycles. The highest BCUT2D eigenvalue weighted by Crippen LogP contribution is 2.28. The molecule has 1 aromatic carbocycles. The lowest BCUT2D eigenvalue weighted by molar-refractivity contribution is -0.130. The zero-order valence-electron chi connectivity index (χ0n) is 11.2. The Bertz CT molecular complexity index is 470. The van der Waals surface area contributed by atoms with E-state index < -0.39 is 5.97 Å². The molecule has 0 saturated heterocycles. The van der Waals surface area contributed by atoms with Gasteiger partial charge in [-0.15, -0.1) is 0 Å². The van der Waals surface area contributed by atoms with E-state index in [2.05, 4.69) is 0 Å². The first-order valence-corrected chi connectivity index (χ1v) is 5.78. The molecule has 1 amide bonds. The van der Waals surface area contributed by atoms with Crippen LogP contribution in [0.2, 0.25) is 0 Å². The lowest BCUT2D eigenvalue weighted by atomic mass is 10.2. The van der Waals surface area contributed by atoms with Crippen LogP contribution in [0, 0.1) is 0 Å². The maximum absolute atomic E-state index is 11.4. The number of nitrogens with zero attached hydrogens (tertiary/aromatic N) is 1. The summed E-state index contributed by atoms with van der Waals surface area (Å²) >= 11 is 0.